The molecule has 0 radical (unpaired) electrons. The van der Waals surface area contributed by atoms with Crippen LogP contribution in [0.25, 0.3) is 0 Å². The summed E-state index contributed by atoms with van der Waals surface area (Å²) < 4.78 is 0. The maximum Gasteiger partial charge on any atom is 0.251 e. The Morgan fingerprint density at radius 3 is 2.41 bits per heavy atom. The molecular formula is C12H16N2O2S. The molecule has 1 aromatic rings. The van der Waals surface area contributed by atoms with Crippen molar-refractivity contribution in [3.05, 3.63) is 29.8 Å². The van der Waals surface area contributed by atoms with E-state index in [-0.39, 0.29) is 11.8 Å². The molecule has 0 fully saturated rings. The maximum absolute atomic E-state index is 11.6. The fourth-order valence-electron chi connectivity index (χ4n) is 1.29. The predicted octanol–water partition coefficient (Wildman–Crippen LogP) is 1.23. The Labute approximate surface area is 106 Å². The molecule has 0 atom stereocenters. The molecule has 0 unspecified atom stereocenters. The van der Waals surface area contributed by atoms with Gasteiger partial charge in [0, 0.05) is 30.0 Å². The van der Waals surface area contributed by atoms with Crippen LogP contribution in [-0.4, -0.2) is 24.9 Å². The van der Waals surface area contributed by atoms with Crippen molar-refractivity contribution < 1.29 is 9.59 Å². The summed E-state index contributed by atoms with van der Waals surface area (Å²) in [6.07, 6.45) is 0.296. The van der Waals surface area contributed by atoms with E-state index in [9.17, 15) is 9.59 Å². The van der Waals surface area contributed by atoms with Gasteiger partial charge in [-0.25, -0.2) is 0 Å². The summed E-state index contributed by atoms with van der Waals surface area (Å²) >= 11 is 4.14. The average molecular weight is 252 g/mol. The molecule has 5 heteroatoms. The monoisotopic (exact) mass is 252 g/mol. The number of carbonyl (C=O) groups excluding carboxylic acids is 2. The van der Waals surface area contributed by atoms with Crippen LogP contribution in [0, 0.1) is 0 Å². The molecule has 1 aromatic carbocycles. The van der Waals surface area contributed by atoms with Crippen molar-refractivity contribution in [2.45, 2.75) is 18.2 Å². The van der Waals surface area contributed by atoms with Crippen LogP contribution < -0.4 is 10.6 Å². The van der Waals surface area contributed by atoms with Gasteiger partial charge in [-0.3, -0.25) is 9.59 Å². The molecule has 0 aliphatic carbocycles. The van der Waals surface area contributed by atoms with E-state index in [1.807, 2.05) is 6.92 Å². The van der Waals surface area contributed by atoms with Crippen molar-refractivity contribution >= 4 is 24.4 Å². The number of hydrogen-bond acceptors (Lipinski definition) is 3. The number of nitrogens with one attached hydrogen (secondary N) is 2. The van der Waals surface area contributed by atoms with Gasteiger partial charge in [-0.1, -0.05) is 0 Å². The Hall–Kier alpha value is -1.49. The van der Waals surface area contributed by atoms with Gasteiger partial charge in [0.15, 0.2) is 0 Å². The van der Waals surface area contributed by atoms with E-state index in [0.717, 1.165) is 4.90 Å². The van der Waals surface area contributed by atoms with Crippen molar-refractivity contribution in [3.63, 3.8) is 0 Å². The van der Waals surface area contributed by atoms with Gasteiger partial charge in [0.1, 0.15) is 0 Å². The molecule has 17 heavy (non-hydrogen) atoms. The first kappa shape index (κ1) is 13.6. The highest BCUT2D eigenvalue weighted by atomic mass is 32.1. The lowest BCUT2D eigenvalue weighted by Gasteiger charge is -2.05. The van der Waals surface area contributed by atoms with Gasteiger partial charge in [0.25, 0.3) is 5.91 Å². The molecular weight excluding hydrogens is 236 g/mol. The summed E-state index contributed by atoms with van der Waals surface area (Å²) in [7, 11) is 0. The standard InChI is InChI=1S/C12H16N2O2S/c1-2-13-11(15)7-8-14-12(16)9-3-5-10(17)6-4-9/h3-6,17H,2,7-8H2,1H3,(H,13,15)(H,14,16). The molecule has 0 bridgehead atoms. The fourth-order valence-corrected chi connectivity index (χ4v) is 1.44. The van der Waals surface area contributed by atoms with Crippen LogP contribution in [0.15, 0.2) is 29.2 Å². The molecule has 0 spiro atoms. The summed E-state index contributed by atoms with van der Waals surface area (Å²) in [5, 5.41) is 5.35. The van der Waals surface area contributed by atoms with E-state index in [4.69, 9.17) is 0 Å². The Kier molecular flexibility index (Phi) is 5.56. The van der Waals surface area contributed by atoms with E-state index >= 15 is 0 Å². The third kappa shape index (κ3) is 4.91. The predicted molar refractivity (Wildman–Crippen MR) is 69.3 cm³/mol. The normalized spacial score (nSPS) is 9.76. The molecule has 4 nitrogen and oxygen atoms in total. The molecule has 2 N–H and O–H groups in total. The van der Waals surface area contributed by atoms with Crippen molar-refractivity contribution in [1.29, 1.82) is 0 Å². The molecule has 0 saturated carbocycles. The molecule has 0 aliphatic rings. The Morgan fingerprint density at radius 1 is 1.18 bits per heavy atom. The molecule has 0 aliphatic heterocycles. The van der Waals surface area contributed by atoms with Gasteiger partial charge in [0.05, 0.1) is 0 Å². The topological polar surface area (TPSA) is 58.2 Å². The van der Waals surface area contributed by atoms with E-state index in [1.54, 1.807) is 24.3 Å². The van der Waals surface area contributed by atoms with Crippen molar-refractivity contribution in [3.8, 4) is 0 Å². The summed E-state index contributed by atoms with van der Waals surface area (Å²) in [5.74, 6) is -0.235. The minimum absolute atomic E-state index is 0.0569. The summed E-state index contributed by atoms with van der Waals surface area (Å²) in [6.45, 7) is 2.80. The second-order valence-electron chi connectivity index (χ2n) is 3.51. The number of thiol groups is 1. The lowest BCUT2D eigenvalue weighted by atomic mass is 10.2. The molecule has 0 aromatic heterocycles. The lowest BCUT2D eigenvalue weighted by Crippen LogP contribution is -2.30. The third-order valence-electron chi connectivity index (χ3n) is 2.14. The summed E-state index contributed by atoms with van der Waals surface area (Å²) in [5.41, 5.74) is 0.568. The zero-order valence-electron chi connectivity index (χ0n) is 9.69. The van der Waals surface area contributed by atoms with Crippen LogP contribution >= 0.6 is 12.6 Å². The number of amides is 2. The van der Waals surface area contributed by atoms with Crippen LogP contribution in [0.4, 0.5) is 0 Å². The zero-order valence-corrected chi connectivity index (χ0v) is 10.6. The summed E-state index contributed by atoms with van der Waals surface area (Å²) in [4.78, 5) is 23.6. The fraction of sp³-hybridized carbons (Fsp3) is 0.333. The highest BCUT2D eigenvalue weighted by Gasteiger charge is 2.05. The molecule has 0 heterocycles. The van der Waals surface area contributed by atoms with E-state index in [0.29, 0.717) is 25.1 Å². The van der Waals surface area contributed by atoms with Crippen LogP contribution in [0.5, 0.6) is 0 Å². The van der Waals surface area contributed by atoms with Crippen molar-refractivity contribution in [2.75, 3.05) is 13.1 Å². The van der Waals surface area contributed by atoms with Crippen LogP contribution in [0.1, 0.15) is 23.7 Å². The first-order valence-electron chi connectivity index (χ1n) is 5.47. The van der Waals surface area contributed by atoms with E-state index in [1.165, 1.54) is 0 Å². The average Bonchev–Trinajstić information content (AvgIpc) is 2.30. The molecule has 1 rings (SSSR count). The first-order chi connectivity index (χ1) is 8.13. The highest BCUT2D eigenvalue weighted by Crippen LogP contribution is 2.07. The van der Waals surface area contributed by atoms with Gasteiger partial charge in [-0.2, -0.15) is 0 Å². The first-order valence-corrected chi connectivity index (χ1v) is 5.92. The zero-order chi connectivity index (χ0) is 12.7. The van der Waals surface area contributed by atoms with Gasteiger partial charge in [0.2, 0.25) is 5.91 Å². The molecule has 0 saturated heterocycles. The Morgan fingerprint density at radius 2 is 1.82 bits per heavy atom. The summed E-state index contributed by atoms with van der Waals surface area (Å²) in [6, 6.07) is 6.90. The Bertz CT molecular complexity index is 390. The van der Waals surface area contributed by atoms with E-state index < -0.39 is 0 Å². The van der Waals surface area contributed by atoms with Gasteiger partial charge < -0.3 is 10.6 Å². The van der Waals surface area contributed by atoms with Crippen molar-refractivity contribution in [2.24, 2.45) is 0 Å². The van der Waals surface area contributed by atoms with Gasteiger partial charge in [-0.15, -0.1) is 12.6 Å². The number of hydrogen-bond donors (Lipinski definition) is 3. The number of rotatable bonds is 5. The number of carbonyl (C=O) groups is 2. The largest absolute Gasteiger partial charge is 0.356 e. The lowest BCUT2D eigenvalue weighted by molar-refractivity contribution is -0.120. The quantitative estimate of drug-likeness (QED) is 0.690. The molecule has 92 valence electrons. The van der Waals surface area contributed by atoms with Crippen molar-refractivity contribution in [1.82, 2.24) is 10.6 Å². The smallest absolute Gasteiger partial charge is 0.251 e. The third-order valence-corrected chi connectivity index (χ3v) is 2.44. The number of benzene rings is 1. The second-order valence-corrected chi connectivity index (χ2v) is 4.02. The minimum Gasteiger partial charge on any atom is -0.356 e. The van der Waals surface area contributed by atoms with Gasteiger partial charge in [-0.05, 0) is 31.2 Å². The van der Waals surface area contributed by atoms with E-state index in [2.05, 4.69) is 23.3 Å². The SMILES string of the molecule is CCNC(=O)CCNC(=O)c1ccc(S)cc1. The van der Waals surface area contributed by atoms with Crippen LogP contribution in [0.2, 0.25) is 0 Å². The second kappa shape index (κ2) is 6.96. The maximum atomic E-state index is 11.6. The molecule has 2 amide bonds. The van der Waals surface area contributed by atoms with Crippen LogP contribution in [0.3, 0.4) is 0 Å². The highest BCUT2D eigenvalue weighted by molar-refractivity contribution is 7.80. The van der Waals surface area contributed by atoms with Crippen LogP contribution in [-0.2, 0) is 4.79 Å². The Balaban J connectivity index is 2.35. The van der Waals surface area contributed by atoms with Gasteiger partial charge >= 0.3 is 0 Å². The minimum atomic E-state index is -0.178.